The van der Waals surface area contributed by atoms with Crippen molar-refractivity contribution in [3.63, 3.8) is 0 Å². The molecule has 5 nitrogen and oxygen atoms in total. The van der Waals surface area contributed by atoms with E-state index in [9.17, 15) is 4.79 Å². The van der Waals surface area contributed by atoms with E-state index < -0.39 is 0 Å². The van der Waals surface area contributed by atoms with E-state index in [1.165, 1.54) is 0 Å². The van der Waals surface area contributed by atoms with Gasteiger partial charge in [0.2, 0.25) is 0 Å². The van der Waals surface area contributed by atoms with Crippen molar-refractivity contribution in [2.45, 2.75) is 0 Å². The molecule has 92 valence electrons. The monoisotopic (exact) mass is 260 g/mol. The molecule has 0 atom stereocenters. The molecule has 0 aliphatic rings. The lowest BCUT2D eigenvalue weighted by Gasteiger charge is -2.00. The molecule has 0 unspecified atom stereocenters. The number of anilines is 1. The average molecular weight is 260 g/mol. The van der Waals surface area contributed by atoms with Crippen LogP contribution in [-0.2, 0) is 0 Å². The summed E-state index contributed by atoms with van der Waals surface area (Å²) in [7, 11) is 0. The third kappa shape index (κ3) is 2.38. The number of aromatic nitrogens is 2. The molecule has 2 rings (SSSR count). The molecule has 0 saturated carbocycles. The minimum absolute atomic E-state index is 0.243. The smallest absolute Gasteiger partial charge is 0.265 e. The van der Waals surface area contributed by atoms with Crippen molar-refractivity contribution in [3.8, 4) is 11.4 Å². The van der Waals surface area contributed by atoms with E-state index in [4.69, 9.17) is 5.73 Å². The van der Waals surface area contributed by atoms with Crippen LogP contribution in [0.25, 0.3) is 11.4 Å². The number of pyridine rings is 1. The highest BCUT2D eigenvalue weighted by molar-refractivity contribution is 7.09. The Labute approximate surface area is 109 Å². The number of nitrogens with zero attached hydrogens (tertiary/aromatic N) is 2. The quantitative estimate of drug-likeness (QED) is 0.820. The Balaban J connectivity index is 2.29. The van der Waals surface area contributed by atoms with E-state index in [2.05, 4.69) is 21.3 Å². The van der Waals surface area contributed by atoms with Gasteiger partial charge in [0.05, 0.1) is 11.4 Å². The zero-order chi connectivity index (χ0) is 13.0. The SMILES string of the molecule is C=CCNC(=O)c1snc(-c2ccccn2)c1N. The van der Waals surface area contributed by atoms with Crippen LogP contribution in [0.1, 0.15) is 9.67 Å². The van der Waals surface area contributed by atoms with Crippen LogP contribution in [0.3, 0.4) is 0 Å². The van der Waals surface area contributed by atoms with Gasteiger partial charge in [-0.3, -0.25) is 9.78 Å². The van der Waals surface area contributed by atoms with E-state index in [0.29, 0.717) is 28.5 Å². The van der Waals surface area contributed by atoms with Gasteiger partial charge in [0.15, 0.2) is 0 Å². The summed E-state index contributed by atoms with van der Waals surface area (Å²) in [5.74, 6) is -0.243. The summed E-state index contributed by atoms with van der Waals surface area (Å²) in [4.78, 5) is 16.3. The second-order valence-electron chi connectivity index (χ2n) is 3.49. The first-order valence-electron chi connectivity index (χ1n) is 5.29. The molecule has 1 amide bonds. The molecule has 0 bridgehead atoms. The maximum absolute atomic E-state index is 11.8. The molecule has 2 aromatic rings. The Morgan fingerprint density at radius 1 is 1.56 bits per heavy atom. The Morgan fingerprint density at radius 2 is 2.39 bits per heavy atom. The third-order valence-corrected chi connectivity index (χ3v) is 3.11. The number of amides is 1. The standard InChI is InChI=1S/C12H12N4OS/c1-2-6-15-12(17)11-9(13)10(16-18-11)8-5-3-4-7-14-8/h2-5,7H,1,6,13H2,(H,15,17). The molecule has 3 N–H and O–H groups in total. The summed E-state index contributed by atoms with van der Waals surface area (Å²) < 4.78 is 4.18. The molecule has 0 aromatic carbocycles. The van der Waals surface area contributed by atoms with Gasteiger partial charge in [0, 0.05) is 12.7 Å². The predicted molar refractivity (Wildman–Crippen MR) is 72.3 cm³/mol. The maximum atomic E-state index is 11.8. The zero-order valence-electron chi connectivity index (χ0n) is 9.59. The van der Waals surface area contributed by atoms with Gasteiger partial charge in [-0.1, -0.05) is 12.1 Å². The zero-order valence-corrected chi connectivity index (χ0v) is 10.4. The van der Waals surface area contributed by atoms with Crippen molar-refractivity contribution in [2.24, 2.45) is 0 Å². The Morgan fingerprint density at radius 3 is 3.06 bits per heavy atom. The van der Waals surface area contributed by atoms with E-state index in [-0.39, 0.29) is 5.91 Å². The molecule has 0 saturated heterocycles. The van der Waals surface area contributed by atoms with Gasteiger partial charge in [-0.05, 0) is 23.7 Å². The number of nitrogen functional groups attached to an aromatic ring is 1. The molecule has 0 fully saturated rings. The number of hydrogen-bond donors (Lipinski definition) is 2. The van der Waals surface area contributed by atoms with E-state index in [1.807, 2.05) is 12.1 Å². The summed E-state index contributed by atoms with van der Waals surface area (Å²) in [5, 5.41) is 2.67. The molecule has 2 aromatic heterocycles. The second kappa shape index (κ2) is 5.42. The molecular weight excluding hydrogens is 248 g/mol. The molecule has 6 heteroatoms. The Kier molecular flexibility index (Phi) is 3.69. The van der Waals surface area contributed by atoms with Gasteiger partial charge < -0.3 is 11.1 Å². The van der Waals surface area contributed by atoms with Gasteiger partial charge in [-0.25, -0.2) is 0 Å². The fraction of sp³-hybridized carbons (Fsp3) is 0.0833. The molecule has 0 aliphatic carbocycles. The van der Waals surface area contributed by atoms with Crippen LogP contribution in [0, 0.1) is 0 Å². The highest BCUT2D eigenvalue weighted by Gasteiger charge is 2.18. The maximum Gasteiger partial charge on any atom is 0.265 e. The van der Waals surface area contributed by atoms with Crippen molar-refractivity contribution in [1.29, 1.82) is 0 Å². The number of rotatable bonds is 4. The van der Waals surface area contributed by atoms with Crippen LogP contribution in [0.2, 0.25) is 0 Å². The summed E-state index contributed by atoms with van der Waals surface area (Å²) in [6.45, 7) is 3.93. The van der Waals surface area contributed by atoms with Crippen LogP contribution in [0.4, 0.5) is 5.69 Å². The molecule has 18 heavy (non-hydrogen) atoms. The Hall–Kier alpha value is -2.21. The normalized spacial score (nSPS) is 10.0. The molecule has 2 heterocycles. The van der Waals surface area contributed by atoms with Crippen LogP contribution >= 0.6 is 11.5 Å². The Bertz CT molecular complexity index is 565. The van der Waals surface area contributed by atoms with Crippen molar-refractivity contribution in [1.82, 2.24) is 14.7 Å². The van der Waals surface area contributed by atoms with Crippen LogP contribution in [0.15, 0.2) is 37.1 Å². The van der Waals surface area contributed by atoms with Gasteiger partial charge in [-0.15, -0.1) is 6.58 Å². The van der Waals surface area contributed by atoms with Crippen molar-refractivity contribution >= 4 is 23.1 Å². The third-order valence-electron chi connectivity index (χ3n) is 2.25. The van der Waals surface area contributed by atoms with Gasteiger partial charge in [0.25, 0.3) is 5.91 Å². The summed E-state index contributed by atoms with van der Waals surface area (Å²) >= 11 is 1.07. The minimum Gasteiger partial charge on any atom is -0.396 e. The van der Waals surface area contributed by atoms with Crippen molar-refractivity contribution in [2.75, 3.05) is 12.3 Å². The number of nitrogens with one attached hydrogen (secondary N) is 1. The van der Waals surface area contributed by atoms with Gasteiger partial charge in [0.1, 0.15) is 10.6 Å². The van der Waals surface area contributed by atoms with Crippen LogP contribution < -0.4 is 11.1 Å². The van der Waals surface area contributed by atoms with Crippen LogP contribution in [-0.4, -0.2) is 21.8 Å². The number of nitrogens with two attached hydrogens (primary N) is 1. The molecular formula is C12H12N4OS. The summed E-state index contributed by atoms with van der Waals surface area (Å²) in [5.41, 5.74) is 7.50. The van der Waals surface area contributed by atoms with E-state index >= 15 is 0 Å². The predicted octanol–water partition coefficient (Wildman–Crippen LogP) is 1.70. The number of carbonyl (C=O) groups excluding carboxylic acids is 1. The van der Waals surface area contributed by atoms with Crippen molar-refractivity contribution < 1.29 is 4.79 Å². The first kappa shape index (κ1) is 12.3. The first-order valence-corrected chi connectivity index (χ1v) is 6.07. The topological polar surface area (TPSA) is 80.9 Å². The lowest BCUT2D eigenvalue weighted by Crippen LogP contribution is -2.23. The molecule has 0 radical (unpaired) electrons. The second-order valence-corrected chi connectivity index (χ2v) is 4.26. The lowest BCUT2D eigenvalue weighted by atomic mass is 10.2. The lowest BCUT2D eigenvalue weighted by molar-refractivity contribution is 0.0963. The summed E-state index contributed by atoms with van der Waals surface area (Å²) in [6.07, 6.45) is 3.26. The highest BCUT2D eigenvalue weighted by atomic mass is 32.1. The summed E-state index contributed by atoms with van der Waals surface area (Å²) in [6, 6.07) is 5.46. The number of hydrogen-bond acceptors (Lipinski definition) is 5. The molecule has 0 spiro atoms. The van der Waals surface area contributed by atoms with Gasteiger partial charge >= 0.3 is 0 Å². The van der Waals surface area contributed by atoms with Crippen LogP contribution in [0.5, 0.6) is 0 Å². The van der Waals surface area contributed by atoms with Gasteiger partial charge in [-0.2, -0.15) is 4.37 Å². The van der Waals surface area contributed by atoms with Crippen molar-refractivity contribution in [3.05, 3.63) is 41.9 Å². The van der Waals surface area contributed by atoms with E-state index in [1.54, 1.807) is 18.3 Å². The number of carbonyl (C=O) groups is 1. The first-order chi connectivity index (χ1) is 8.74. The van der Waals surface area contributed by atoms with E-state index in [0.717, 1.165) is 11.5 Å². The molecule has 0 aliphatic heterocycles. The highest BCUT2D eigenvalue weighted by Crippen LogP contribution is 2.29. The fourth-order valence-electron chi connectivity index (χ4n) is 1.39. The fourth-order valence-corrected chi connectivity index (χ4v) is 2.12. The largest absolute Gasteiger partial charge is 0.396 e. The minimum atomic E-state index is -0.243. The average Bonchev–Trinajstić information content (AvgIpc) is 2.79.